The summed E-state index contributed by atoms with van der Waals surface area (Å²) in [5.41, 5.74) is 1.54. The summed E-state index contributed by atoms with van der Waals surface area (Å²) in [6, 6.07) is 15.1. The van der Waals surface area contributed by atoms with Crippen LogP contribution in [-0.4, -0.2) is 31.6 Å². The zero-order valence-electron chi connectivity index (χ0n) is 14.8. The normalized spacial score (nSPS) is 11.5. The maximum Gasteiger partial charge on any atom is 0.339 e. The van der Waals surface area contributed by atoms with Crippen molar-refractivity contribution >= 4 is 27.8 Å². The molecule has 0 spiro atoms. The van der Waals surface area contributed by atoms with E-state index in [1.807, 2.05) is 25.1 Å². The summed E-state index contributed by atoms with van der Waals surface area (Å²) in [6.45, 7) is 1.61. The molecule has 0 fully saturated rings. The van der Waals surface area contributed by atoms with E-state index in [2.05, 4.69) is 33.4 Å². The SMILES string of the molecule is COc1ccc(Br)c(C(=O)OCC(=O)N[C@@H](C)CCc2ccccc2)c1. The van der Waals surface area contributed by atoms with Crippen LogP contribution in [0.5, 0.6) is 5.75 Å². The second-order valence-electron chi connectivity index (χ2n) is 5.91. The summed E-state index contributed by atoms with van der Waals surface area (Å²) in [7, 11) is 1.52. The lowest BCUT2D eigenvalue weighted by Crippen LogP contribution is -2.36. The van der Waals surface area contributed by atoms with Crippen LogP contribution in [0.2, 0.25) is 0 Å². The molecule has 0 bridgehead atoms. The van der Waals surface area contributed by atoms with E-state index >= 15 is 0 Å². The van der Waals surface area contributed by atoms with Gasteiger partial charge >= 0.3 is 5.97 Å². The number of carbonyl (C=O) groups is 2. The highest BCUT2D eigenvalue weighted by molar-refractivity contribution is 9.10. The summed E-state index contributed by atoms with van der Waals surface area (Å²) < 4.78 is 10.8. The summed E-state index contributed by atoms with van der Waals surface area (Å²) in [5.74, 6) is -0.361. The van der Waals surface area contributed by atoms with Crippen LogP contribution in [0.3, 0.4) is 0 Å². The van der Waals surface area contributed by atoms with Crippen molar-refractivity contribution in [2.24, 2.45) is 0 Å². The number of benzene rings is 2. The predicted octanol–water partition coefficient (Wildman–Crippen LogP) is 3.75. The topological polar surface area (TPSA) is 64.6 Å². The summed E-state index contributed by atoms with van der Waals surface area (Å²) in [6.07, 6.45) is 1.68. The highest BCUT2D eigenvalue weighted by atomic mass is 79.9. The molecule has 0 aromatic heterocycles. The first kappa shape index (κ1) is 20.0. The van der Waals surface area contributed by atoms with Gasteiger partial charge in [-0.25, -0.2) is 4.79 Å². The molecule has 26 heavy (non-hydrogen) atoms. The van der Waals surface area contributed by atoms with Crippen LogP contribution in [0.4, 0.5) is 0 Å². The monoisotopic (exact) mass is 419 g/mol. The fourth-order valence-electron chi connectivity index (χ4n) is 2.41. The van der Waals surface area contributed by atoms with Crippen molar-refractivity contribution in [3.63, 3.8) is 0 Å². The standard InChI is InChI=1S/C20H22BrNO4/c1-14(8-9-15-6-4-3-5-7-15)22-19(23)13-26-20(24)17-12-16(25-2)10-11-18(17)21/h3-7,10-12,14H,8-9,13H2,1-2H3,(H,22,23)/t14-/m0/s1. The third-order valence-electron chi connectivity index (χ3n) is 3.84. The minimum atomic E-state index is -0.581. The minimum Gasteiger partial charge on any atom is -0.497 e. The Morgan fingerprint density at radius 1 is 1.15 bits per heavy atom. The van der Waals surface area contributed by atoms with Crippen molar-refractivity contribution in [1.82, 2.24) is 5.32 Å². The third-order valence-corrected chi connectivity index (χ3v) is 4.54. The lowest BCUT2D eigenvalue weighted by Gasteiger charge is -2.14. The van der Waals surface area contributed by atoms with Crippen molar-refractivity contribution in [3.05, 3.63) is 64.1 Å². The Hall–Kier alpha value is -2.34. The molecule has 0 unspecified atom stereocenters. The maximum atomic E-state index is 12.1. The highest BCUT2D eigenvalue weighted by Crippen LogP contribution is 2.23. The second kappa shape index (κ2) is 9.97. The van der Waals surface area contributed by atoms with Crippen LogP contribution in [-0.2, 0) is 16.0 Å². The average molecular weight is 420 g/mol. The smallest absolute Gasteiger partial charge is 0.339 e. The molecule has 0 radical (unpaired) electrons. The molecular weight excluding hydrogens is 398 g/mol. The number of rotatable bonds is 8. The minimum absolute atomic E-state index is 0.00929. The van der Waals surface area contributed by atoms with Crippen LogP contribution < -0.4 is 10.1 Å². The van der Waals surface area contributed by atoms with Gasteiger partial charge in [-0.1, -0.05) is 30.3 Å². The highest BCUT2D eigenvalue weighted by Gasteiger charge is 2.15. The zero-order valence-corrected chi connectivity index (χ0v) is 16.4. The summed E-state index contributed by atoms with van der Waals surface area (Å²) in [5, 5.41) is 2.84. The van der Waals surface area contributed by atoms with Crippen molar-refractivity contribution in [2.75, 3.05) is 13.7 Å². The van der Waals surface area contributed by atoms with E-state index in [4.69, 9.17) is 9.47 Å². The second-order valence-corrected chi connectivity index (χ2v) is 6.77. The van der Waals surface area contributed by atoms with Gasteiger partial charge in [0.25, 0.3) is 5.91 Å². The molecule has 2 rings (SSSR count). The molecule has 0 aliphatic carbocycles. The van der Waals surface area contributed by atoms with E-state index in [1.54, 1.807) is 18.2 Å². The number of aryl methyl sites for hydroxylation is 1. The molecule has 5 nitrogen and oxygen atoms in total. The molecule has 2 aromatic carbocycles. The molecule has 0 aliphatic rings. The lowest BCUT2D eigenvalue weighted by molar-refractivity contribution is -0.124. The molecule has 0 aliphatic heterocycles. The van der Waals surface area contributed by atoms with Gasteiger partial charge in [0.05, 0.1) is 12.7 Å². The van der Waals surface area contributed by atoms with E-state index in [1.165, 1.54) is 12.7 Å². The number of carbonyl (C=O) groups excluding carboxylic acids is 2. The van der Waals surface area contributed by atoms with Crippen LogP contribution in [0.1, 0.15) is 29.3 Å². The van der Waals surface area contributed by atoms with Gasteiger partial charge in [-0.3, -0.25) is 4.79 Å². The van der Waals surface area contributed by atoms with Gasteiger partial charge in [0.1, 0.15) is 5.75 Å². The van der Waals surface area contributed by atoms with Gasteiger partial charge in [-0.05, 0) is 59.5 Å². The van der Waals surface area contributed by atoms with Gasteiger partial charge < -0.3 is 14.8 Å². The number of hydrogen-bond donors (Lipinski definition) is 1. The van der Waals surface area contributed by atoms with Gasteiger partial charge in [0, 0.05) is 10.5 Å². The molecule has 138 valence electrons. The molecule has 0 saturated heterocycles. The number of esters is 1. The lowest BCUT2D eigenvalue weighted by atomic mass is 10.1. The zero-order chi connectivity index (χ0) is 18.9. The molecule has 1 atom stereocenters. The molecule has 0 saturated carbocycles. The Morgan fingerprint density at radius 2 is 1.88 bits per heavy atom. The molecular formula is C20H22BrNO4. The van der Waals surface area contributed by atoms with Crippen LogP contribution in [0.15, 0.2) is 53.0 Å². The van der Waals surface area contributed by atoms with E-state index in [0.29, 0.717) is 15.8 Å². The Morgan fingerprint density at radius 3 is 2.58 bits per heavy atom. The number of halogens is 1. The quantitative estimate of drug-likeness (QED) is 0.661. The fourth-order valence-corrected chi connectivity index (χ4v) is 2.82. The Balaban J connectivity index is 1.78. The average Bonchev–Trinajstić information content (AvgIpc) is 2.65. The van der Waals surface area contributed by atoms with Crippen molar-refractivity contribution in [3.8, 4) is 5.75 Å². The Kier molecular flexibility index (Phi) is 7.66. The van der Waals surface area contributed by atoms with Crippen LogP contribution in [0.25, 0.3) is 0 Å². The van der Waals surface area contributed by atoms with Gasteiger partial charge in [-0.2, -0.15) is 0 Å². The van der Waals surface area contributed by atoms with Crippen LogP contribution in [0, 0.1) is 0 Å². The Bertz CT molecular complexity index is 749. The van der Waals surface area contributed by atoms with Crippen molar-refractivity contribution in [1.29, 1.82) is 0 Å². The third kappa shape index (κ3) is 6.19. The molecule has 1 N–H and O–H groups in total. The molecule has 2 aromatic rings. The molecule has 1 amide bonds. The first-order valence-electron chi connectivity index (χ1n) is 8.33. The molecule has 6 heteroatoms. The van der Waals surface area contributed by atoms with Gasteiger partial charge in [0.15, 0.2) is 6.61 Å². The van der Waals surface area contributed by atoms with Crippen LogP contribution >= 0.6 is 15.9 Å². The fraction of sp³-hybridized carbons (Fsp3) is 0.300. The van der Waals surface area contributed by atoms with E-state index in [-0.39, 0.29) is 18.6 Å². The van der Waals surface area contributed by atoms with Gasteiger partial charge in [0.2, 0.25) is 0 Å². The van der Waals surface area contributed by atoms with Crippen molar-refractivity contribution in [2.45, 2.75) is 25.8 Å². The maximum absolute atomic E-state index is 12.1. The van der Waals surface area contributed by atoms with E-state index in [0.717, 1.165) is 12.8 Å². The summed E-state index contributed by atoms with van der Waals surface area (Å²) in [4.78, 5) is 24.1. The largest absolute Gasteiger partial charge is 0.497 e. The van der Waals surface area contributed by atoms with Gasteiger partial charge in [-0.15, -0.1) is 0 Å². The van der Waals surface area contributed by atoms with E-state index < -0.39 is 5.97 Å². The number of ether oxygens (including phenoxy) is 2. The number of hydrogen-bond acceptors (Lipinski definition) is 4. The predicted molar refractivity (Wildman–Crippen MR) is 103 cm³/mol. The first-order valence-corrected chi connectivity index (χ1v) is 9.13. The van der Waals surface area contributed by atoms with E-state index in [9.17, 15) is 9.59 Å². The molecule has 0 heterocycles. The number of methoxy groups -OCH3 is 1. The number of amides is 1. The Labute approximate surface area is 161 Å². The first-order chi connectivity index (χ1) is 12.5. The van der Waals surface area contributed by atoms with Crippen molar-refractivity contribution < 1.29 is 19.1 Å². The summed E-state index contributed by atoms with van der Waals surface area (Å²) >= 11 is 3.29. The number of nitrogens with one attached hydrogen (secondary N) is 1.